The van der Waals surface area contributed by atoms with Crippen LogP contribution in [0.5, 0.6) is 0 Å². The zero-order valence-electron chi connectivity index (χ0n) is 18.8. The molecule has 13 heteroatoms. The minimum absolute atomic E-state index is 0.0635. The molecule has 0 fully saturated rings. The first-order valence-electron chi connectivity index (χ1n) is 10.7. The standard InChI is InChI=1S/C23H20F5N7O/c1-15(22(36,11-34-13-29-12-31-34)19-8-6-17(24)9-21(19)25)3-2-4-16-5-7-18(35-14-30-32-33-35)10-20(16)23(26,27)28/h2,4-10,12-15,36H,3,11H2,1H3/b4-2+/t15-,22+/m0/s1. The molecular formula is C23H20F5N7O. The van der Waals surface area contributed by atoms with Gasteiger partial charge in [-0.05, 0) is 46.5 Å². The number of halogens is 5. The lowest BCUT2D eigenvalue weighted by atomic mass is 9.80. The molecule has 2 heterocycles. The normalized spacial score (nSPS) is 14.8. The van der Waals surface area contributed by atoms with Crippen LogP contribution in [0.2, 0.25) is 0 Å². The number of nitrogens with zero attached hydrogens (tertiary/aromatic N) is 7. The molecule has 2 aromatic heterocycles. The molecular weight excluding hydrogens is 485 g/mol. The summed E-state index contributed by atoms with van der Waals surface area (Å²) in [4.78, 5) is 3.81. The lowest BCUT2D eigenvalue weighted by Crippen LogP contribution is -2.39. The number of alkyl halides is 3. The molecule has 0 bridgehead atoms. The van der Waals surface area contributed by atoms with Gasteiger partial charge >= 0.3 is 6.18 Å². The Hall–Kier alpha value is -4.00. The molecule has 36 heavy (non-hydrogen) atoms. The Kier molecular flexibility index (Phi) is 6.93. The van der Waals surface area contributed by atoms with Crippen LogP contribution in [-0.2, 0) is 18.3 Å². The van der Waals surface area contributed by atoms with Crippen molar-refractivity contribution in [3.05, 3.63) is 89.8 Å². The van der Waals surface area contributed by atoms with Crippen molar-refractivity contribution >= 4 is 6.08 Å². The van der Waals surface area contributed by atoms with E-state index in [2.05, 4.69) is 25.6 Å². The Morgan fingerprint density at radius 3 is 2.50 bits per heavy atom. The van der Waals surface area contributed by atoms with E-state index in [1.54, 1.807) is 6.92 Å². The fraction of sp³-hybridized carbons (Fsp3) is 0.261. The smallest absolute Gasteiger partial charge is 0.383 e. The van der Waals surface area contributed by atoms with Crippen molar-refractivity contribution in [2.75, 3.05) is 0 Å². The molecule has 0 aliphatic heterocycles. The van der Waals surface area contributed by atoms with Crippen LogP contribution in [0.25, 0.3) is 11.8 Å². The van der Waals surface area contributed by atoms with Gasteiger partial charge in [0.1, 0.15) is 36.2 Å². The third kappa shape index (κ3) is 5.30. The summed E-state index contributed by atoms with van der Waals surface area (Å²) in [6, 6.07) is 6.46. The Morgan fingerprint density at radius 1 is 1.06 bits per heavy atom. The number of hydrogen-bond acceptors (Lipinski definition) is 6. The molecule has 2 atom stereocenters. The van der Waals surface area contributed by atoms with Crippen LogP contribution in [0.4, 0.5) is 22.0 Å². The first kappa shape index (κ1) is 25.1. The van der Waals surface area contributed by atoms with Gasteiger partial charge in [-0.2, -0.15) is 18.3 Å². The van der Waals surface area contributed by atoms with Gasteiger partial charge in [0, 0.05) is 11.6 Å². The molecule has 2 aromatic carbocycles. The number of aliphatic hydroxyl groups is 1. The van der Waals surface area contributed by atoms with E-state index in [1.807, 2.05) is 0 Å². The van der Waals surface area contributed by atoms with Crippen LogP contribution < -0.4 is 0 Å². The van der Waals surface area contributed by atoms with Gasteiger partial charge in [0.05, 0.1) is 17.8 Å². The minimum atomic E-state index is -4.65. The Balaban J connectivity index is 1.62. The molecule has 0 aliphatic rings. The van der Waals surface area contributed by atoms with Crippen molar-refractivity contribution in [1.29, 1.82) is 0 Å². The average Bonchev–Trinajstić information content (AvgIpc) is 3.53. The summed E-state index contributed by atoms with van der Waals surface area (Å²) in [7, 11) is 0. The van der Waals surface area contributed by atoms with Crippen LogP contribution in [0, 0.1) is 17.6 Å². The maximum absolute atomic E-state index is 14.7. The highest BCUT2D eigenvalue weighted by Crippen LogP contribution is 2.37. The van der Waals surface area contributed by atoms with Crippen molar-refractivity contribution in [2.24, 2.45) is 5.92 Å². The van der Waals surface area contributed by atoms with Crippen LogP contribution in [-0.4, -0.2) is 40.1 Å². The highest BCUT2D eigenvalue weighted by molar-refractivity contribution is 5.57. The quantitative estimate of drug-likeness (QED) is 0.361. The summed E-state index contributed by atoms with van der Waals surface area (Å²) in [5, 5.41) is 25.9. The number of benzene rings is 2. The van der Waals surface area contributed by atoms with Gasteiger partial charge < -0.3 is 5.11 Å². The van der Waals surface area contributed by atoms with Crippen molar-refractivity contribution in [2.45, 2.75) is 31.7 Å². The molecule has 8 nitrogen and oxygen atoms in total. The third-order valence-electron chi connectivity index (χ3n) is 5.83. The fourth-order valence-corrected chi connectivity index (χ4v) is 3.86. The topological polar surface area (TPSA) is 94.5 Å². The predicted molar refractivity (Wildman–Crippen MR) is 117 cm³/mol. The van der Waals surface area contributed by atoms with Crippen molar-refractivity contribution in [3.63, 3.8) is 0 Å². The van der Waals surface area contributed by atoms with E-state index in [9.17, 15) is 27.1 Å². The highest BCUT2D eigenvalue weighted by Gasteiger charge is 2.38. The Bertz CT molecular complexity index is 1340. The number of hydrogen-bond donors (Lipinski definition) is 1. The molecule has 0 amide bonds. The summed E-state index contributed by atoms with van der Waals surface area (Å²) in [6.07, 6.45) is 1.89. The van der Waals surface area contributed by atoms with Crippen molar-refractivity contribution < 1.29 is 27.1 Å². The van der Waals surface area contributed by atoms with Crippen LogP contribution in [0.15, 0.2) is 61.5 Å². The van der Waals surface area contributed by atoms with Gasteiger partial charge in [-0.25, -0.2) is 23.1 Å². The van der Waals surface area contributed by atoms with E-state index in [1.165, 1.54) is 47.9 Å². The zero-order chi connectivity index (χ0) is 25.9. The van der Waals surface area contributed by atoms with Gasteiger partial charge in [-0.1, -0.05) is 31.2 Å². The molecule has 0 radical (unpaired) electrons. The maximum atomic E-state index is 14.7. The first-order chi connectivity index (χ1) is 17.1. The fourth-order valence-electron chi connectivity index (χ4n) is 3.86. The van der Waals surface area contributed by atoms with E-state index < -0.39 is 34.9 Å². The second-order valence-electron chi connectivity index (χ2n) is 8.20. The summed E-state index contributed by atoms with van der Waals surface area (Å²) in [5.41, 5.74) is -2.91. The van der Waals surface area contributed by atoms with Gasteiger partial charge in [0.15, 0.2) is 0 Å². The summed E-state index contributed by atoms with van der Waals surface area (Å²) < 4.78 is 71.7. The SMILES string of the molecule is C[C@@H](C/C=C/c1ccc(-n2cnnn2)cc1C(F)(F)F)[C@](O)(Cn1cncn1)c1ccc(F)cc1F. The van der Waals surface area contributed by atoms with Crippen molar-refractivity contribution in [3.8, 4) is 5.69 Å². The predicted octanol–water partition coefficient (Wildman–Crippen LogP) is 4.18. The second kappa shape index (κ2) is 9.93. The molecule has 0 unspecified atom stereocenters. The molecule has 0 aliphatic carbocycles. The van der Waals surface area contributed by atoms with Gasteiger partial charge in [-0.3, -0.25) is 0 Å². The molecule has 0 saturated carbocycles. The number of allylic oxidation sites excluding steroid dienone is 1. The van der Waals surface area contributed by atoms with Gasteiger partial charge in [-0.15, -0.1) is 5.10 Å². The Labute approximate surface area is 201 Å². The van der Waals surface area contributed by atoms with Gasteiger partial charge in [0.25, 0.3) is 0 Å². The number of aromatic nitrogens is 7. The molecule has 0 spiro atoms. The van der Waals surface area contributed by atoms with Crippen LogP contribution in [0.3, 0.4) is 0 Å². The number of tetrazole rings is 1. The third-order valence-corrected chi connectivity index (χ3v) is 5.83. The number of rotatable bonds is 8. The largest absolute Gasteiger partial charge is 0.417 e. The second-order valence-corrected chi connectivity index (χ2v) is 8.20. The van der Waals surface area contributed by atoms with Crippen LogP contribution >= 0.6 is 0 Å². The first-order valence-corrected chi connectivity index (χ1v) is 10.7. The van der Waals surface area contributed by atoms with E-state index in [-0.39, 0.29) is 29.8 Å². The van der Waals surface area contributed by atoms with E-state index in [4.69, 9.17) is 0 Å². The molecule has 0 saturated heterocycles. The summed E-state index contributed by atoms with van der Waals surface area (Å²) >= 11 is 0. The van der Waals surface area contributed by atoms with E-state index in [0.29, 0.717) is 6.07 Å². The molecule has 4 rings (SSSR count). The average molecular weight is 505 g/mol. The van der Waals surface area contributed by atoms with E-state index in [0.717, 1.165) is 22.9 Å². The maximum Gasteiger partial charge on any atom is 0.417 e. The summed E-state index contributed by atoms with van der Waals surface area (Å²) in [6.45, 7) is 1.40. The molecule has 1 N–H and O–H groups in total. The molecule has 4 aromatic rings. The summed E-state index contributed by atoms with van der Waals surface area (Å²) in [5.74, 6) is -2.48. The monoisotopic (exact) mass is 505 g/mol. The highest BCUT2D eigenvalue weighted by atomic mass is 19.4. The van der Waals surface area contributed by atoms with Gasteiger partial charge in [0.2, 0.25) is 0 Å². The lowest BCUT2D eigenvalue weighted by molar-refractivity contribution is -0.137. The lowest BCUT2D eigenvalue weighted by Gasteiger charge is -2.34. The minimum Gasteiger partial charge on any atom is -0.383 e. The van der Waals surface area contributed by atoms with E-state index >= 15 is 0 Å². The zero-order valence-corrected chi connectivity index (χ0v) is 18.8. The Morgan fingerprint density at radius 2 is 1.86 bits per heavy atom. The van der Waals surface area contributed by atoms with Crippen molar-refractivity contribution in [1.82, 2.24) is 35.0 Å². The molecule has 188 valence electrons. The van der Waals surface area contributed by atoms with Crippen LogP contribution in [0.1, 0.15) is 30.0 Å².